The molecule has 0 bridgehead atoms. The molecule has 1 N–H and O–H groups in total. The highest BCUT2D eigenvalue weighted by atomic mass is 35.5. The molecule has 1 atom stereocenters. The first kappa shape index (κ1) is 20.8. The number of ether oxygens (including phenoxy) is 1. The monoisotopic (exact) mass is 440 g/mol. The SMILES string of the molecule is CCSc1ccccc1NC(=O)C1CCN(S(C)(=O)=O)c2cc(Cl)ccc2O1. The molecule has 1 amide bonds. The normalized spacial score (nSPS) is 16.7. The lowest BCUT2D eigenvalue weighted by molar-refractivity contribution is -0.122. The van der Waals surface area contributed by atoms with Gasteiger partial charge in [-0.05, 0) is 36.1 Å². The molecular weight excluding hydrogens is 420 g/mol. The molecule has 9 heteroatoms. The van der Waals surface area contributed by atoms with E-state index in [-0.39, 0.29) is 18.9 Å². The van der Waals surface area contributed by atoms with Gasteiger partial charge in [0.25, 0.3) is 5.91 Å². The molecule has 0 radical (unpaired) electrons. The number of amides is 1. The maximum absolute atomic E-state index is 12.9. The Bertz CT molecular complexity index is 982. The molecule has 0 saturated carbocycles. The molecule has 0 fully saturated rings. The largest absolute Gasteiger partial charge is 0.478 e. The first-order valence-electron chi connectivity index (χ1n) is 8.76. The average molecular weight is 441 g/mol. The van der Waals surface area contributed by atoms with Crippen LogP contribution in [0.15, 0.2) is 47.4 Å². The van der Waals surface area contributed by atoms with Gasteiger partial charge < -0.3 is 10.1 Å². The van der Waals surface area contributed by atoms with Crippen molar-refractivity contribution in [1.29, 1.82) is 0 Å². The van der Waals surface area contributed by atoms with Gasteiger partial charge in [-0.25, -0.2) is 8.42 Å². The molecule has 1 aliphatic heterocycles. The van der Waals surface area contributed by atoms with E-state index >= 15 is 0 Å². The van der Waals surface area contributed by atoms with Gasteiger partial charge in [-0.2, -0.15) is 0 Å². The van der Waals surface area contributed by atoms with Gasteiger partial charge >= 0.3 is 0 Å². The second kappa shape index (κ2) is 8.63. The number of carbonyl (C=O) groups excluding carboxylic acids is 1. The Hall–Kier alpha value is -1.90. The van der Waals surface area contributed by atoms with E-state index in [1.165, 1.54) is 10.4 Å². The summed E-state index contributed by atoms with van der Waals surface area (Å²) in [6, 6.07) is 12.3. The minimum absolute atomic E-state index is 0.121. The number of sulfonamides is 1. The number of carbonyl (C=O) groups is 1. The van der Waals surface area contributed by atoms with Crippen LogP contribution in [-0.4, -0.2) is 39.0 Å². The smallest absolute Gasteiger partial charge is 0.265 e. The third kappa shape index (κ3) is 4.74. The lowest BCUT2D eigenvalue weighted by Crippen LogP contribution is -2.36. The molecule has 2 aromatic carbocycles. The Morgan fingerprint density at radius 2 is 2.07 bits per heavy atom. The highest BCUT2D eigenvalue weighted by Crippen LogP contribution is 2.36. The number of nitrogens with one attached hydrogen (secondary N) is 1. The zero-order chi connectivity index (χ0) is 20.3. The van der Waals surface area contributed by atoms with Crippen LogP contribution in [0, 0.1) is 0 Å². The van der Waals surface area contributed by atoms with Crippen LogP contribution in [0.2, 0.25) is 5.02 Å². The van der Waals surface area contributed by atoms with Crippen LogP contribution in [0.5, 0.6) is 5.75 Å². The number of hydrogen-bond acceptors (Lipinski definition) is 5. The number of benzene rings is 2. The Kier molecular flexibility index (Phi) is 6.42. The van der Waals surface area contributed by atoms with Crippen molar-refractivity contribution in [3.05, 3.63) is 47.5 Å². The van der Waals surface area contributed by atoms with Crippen LogP contribution in [-0.2, 0) is 14.8 Å². The van der Waals surface area contributed by atoms with E-state index < -0.39 is 16.1 Å². The first-order valence-corrected chi connectivity index (χ1v) is 12.0. The van der Waals surface area contributed by atoms with E-state index in [4.69, 9.17) is 16.3 Å². The molecule has 1 aliphatic rings. The summed E-state index contributed by atoms with van der Waals surface area (Å²) >= 11 is 7.67. The van der Waals surface area contributed by atoms with Crippen LogP contribution in [0.4, 0.5) is 11.4 Å². The minimum atomic E-state index is -3.54. The standard InChI is InChI=1S/C19H21ClN2O4S2/c1-3-27-18-7-5-4-6-14(18)21-19(23)17-10-11-22(28(2,24)25)15-12-13(20)8-9-16(15)26-17/h4-9,12,17H,3,10-11H2,1-2H3,(H,21,23). The number of nitrogens with zero attached hydrogens (tertiary/aromatic N) is 1. The van der Waals surface area contributed by atoms with Crippen LogP contribution < -0.4 is 14.4 Å². The maximum Gasteiger partial charge on any atom is 0.265 e. The first-order chi connectivity index (χ1) is 13.3. The molecule has 28 heavy (non-hydrogen) atoms. The topological polar surface area (TPSA) is 75.7 Å². The van der Waals surface area contributed by atoms with Crippen LogP contribution in [0.1, 0.15) is 13.3 Å². The van der Waals surface area contributed by atoms with Gasteiger partial charge in [-0.1, -0.05) is 30.7 Å². The summed E-state index contributed by atoms with van der Waals surface area (Å²) in [7, 11) is -3.54. The van der Waals surface area contributed by atoms with Crippen molar-refractivity contribution < 1.29 is 17.9 Å². The fourth-order valence-corrected chi connectivity index (χ4v) is 4.81. The third-order valence-corrected chi connectivity index (χ3v) is 6.56. The van der Waals surface area contributed by atoms with Crippen LogP contribution in [0.25, 0.3) is 0 Å². The van der Waals surface area contributed by atoms with Crippen molar-refractivity contribution in [3.63, 3.8) is 0 Å². The third-order valence-electron chi connectivity index (χ3n) is 4.19. The van der Waals surface area contributed by atoms with E-state index in [0.717, 1.165) is 16.9 Å². The van der Waals surface area contributed by atoms with E-state index in [1.807, 2.05) is 31.2 Å². The Morgan fingerprint density at radius 1 is 1.32 bits per heavy atom. The van der Waals surface area contributed by atoms with Gasteiger partial charge in [-0.3, -0.25) is 9.10 Å². The molecular formula is C19H21ClN2O4S2. The highest BCUT2D eigenvalue weighted by molar-refractivity contribution is 7.99. The van der Waals surface area contributed by atoms with E-state index in [2.05, 4.69) is 5.32 Å². The summed E-state index contributed by atoms with van der Waals surface area (Å²) < 4.78 is 31.6. The van der Waals surface area contributed by atoms with Crippen LogP contribution >= 0.6 is 23.4 Å². The second-order valence-electron chi connectivity index (χ2n) is 6.26. The molecule has 0 aromatic heterocycles. The molecule has 1 heterocycles. The van der Waals surface area contributed by atoms with E-state index in [1.54, 1.807) is 23.9 Å². The zero-order valence-electron chi connectivity index (χ0n) is 15.5. The number of fused-ring (bicyclic) bond motifs is 1. The van der Waals surface area contributed by atoms with Gasteiger partial charge in [0.1, 0.15) is 5.75 Å². The number of rotatable bonds is 5. The van der Waals surface area contributed by atoms with Crippen molar-refractivity contribution in [2.45, 2.75) is 24.3 Å². The van der Waals surface area contributed by atoms with Crippen molar-refractivity contribution in [2.24, 2.45) is 0 Å². The summed E-state index contributed by atoms with van der Waals surface area (Å²) in [5.74, 6) is 0.869. The summed E-state index contributed by atoms with van der Waals surface area (Å²) in [5.41, 5.74) is 1.05. The Balaban J connectivity index is 1.87. The highest BCUT2D eigenvalue weighted by Gasteiger charge is 2.31. The minimum Gasteiger partial charge on any atom is -0.478 e. The molecule has 150 valence electrons. The van der Waals surface area contributed by atoms with Gasteiger partial charge in [0.15, 0.2) is 6.10 Å². The Labute approximate surface area is 174 Å². The lowest BCUT2D eigenvalue weighted by atomic mass is 10.2. The molecule has 3 rings (SSSR count). The van der Waals surface area contributed by atoms with Gasteiger partial charge in [0.05, 0.1) is 17.6 Å². The van der Waals surface area contributed by atoms with Gasteiger partial charge in [0.2, 0.25) is 10.0 Å². The van der Waals surface area contributed by atoms with Gasteiger partial charge in [-0.15, -0.1) is 11.8 Å². The van der Waals surface area contributed by atoms with Crippen molar-refractivity contribution >= 4 is 50.7 Å². The summed E-state index contributed by atoms with van der Waals surface area (Å²) in [5, 5.41) is 3.30. The predicted octanol–water partition coefficient (Wildman–Crippen LogP) is 4.01. The summed E-state index contributed by atoms with van der Waals surface area (Å²) in [6.07, 6.45) is 0.510. The molecule has 0 spiro atoms. The number of para-hydroxylation sites is 1. The fraction of sp³-hybridized carbons (Fsp3) is 0.316. The predicted molar refractivity (Wildman–Crippen MR) is 114 cm³/mol. The molecule has 0 saturated heterocycles. The molecule has 2 aromatic rings. The quantitative estimate of drug-likeness (QED) is 0.711. The number of halogens is 1. The summed E-state index contributed by atoms with van der Waals surface area (Å²) in [4.78, 5) is 13.8. The second-order valence-corrected chi connectivity index (χ2v) is 9.91. The molecule has 0 aliphatic carbocycles. The van der Waals surface area contributed by atoms with Crippen LogP contribution in [0.3, 0.4) is 0 Å². The number of anilines is 2. The number of thioether (sulfide) groups is 1. The van der Waals surface area contributed by atoms with E-state index in [0.29, 0.717) is 22.1 Å². The zero-order valence-corrected chi connectivity index (χ0v) is 17.9. The molecule has 6 nitrogen and oxygen atoms in total. The lowest BCUT2D eigenvalue weighted by Gasteiger charge is -2.21. The van der Waals surface area contributed by atoms with E-state index in [9.17, 15) is 13.2 Å². The van der Waals surface area contributed by atoms with Gasteiger partial charge in [0, 0.05) is 22.9 Å². The Morgan fingerprint density at radius 3 is 2.79 bits per heavy atom. The fourth-order valence-electron chi connectivity index (χ4n) is 2.95. The summed E-state index contributed by atoms with van der Waals surface area (Å²) in [6.45, 7) is 2.16. The van der Waals surface area contributed by atoms with Crippen molar-refractivity contribution in [3.8, 4) is 5.75 Å². The average Bonchev–Trinajstić information content (AvgIpc) is 2.82. The van der Waals surface area contributed by atoms with Crippen molar-refractivity contribution in [1.82, 2.24) is 0 Å². The maximum atomic E-state index is 12.9. The number of hydrogen-bond donors (Lipinski definition) is 1. The molecule has 1 unspecified atom stereocenters. The van der Waals surface area contributed by atoms with Crippen molar-refractivity contribution in [2.75, 3.05) is 28.2 Å².